The third kappa shape index (κ3) is 3.13. The highest BCUT2D eigenvalue weighted by atomic mass is 16.5. The second-order valence-corrected chi connectivity index (χ2v) is 2.71. The Hall–Kier alpha value is -1.45. The second-order valence-electron chi connectivity index (χ2n) is 2.71. The fraction of sp³-hybridized carbons (Fsp3) is 0.300. The summed E-state index contributed by atoms with van der Waals surface area (Å²) >= 11 is 0. The van der Waals surface area contributed by atoms with Gasteiger partial charge < -0.3 is 10.1 Å². The van der Waals surface area contributed by atoms with Crippen LogP contribution in [0.1, 0.15) is 6.92 Å². The number of nitrogens with one attached hydrogen (secondary N) is 1. The number of amides is 1. The van der Waals surface area contributed by atoms with Crippen LogP contribution in [0.15, 0.2) is 24.3 Å². The summed E-state index contributed by atoms with van der Waals surface area (Å²) in [5.41, 5.74) is 0.726. The van der Waals surface area contributed by atoms with Crippen LogP contribution in [0.25, 0.3) is 0 Å². The Labute approximate surface area is 84.9 Å². The van der Waals surface area contributed by atoms with E-state index in [-0.39, 0.29) is 12.2 Å². The van der Waals surface area contributed by atoms with E-state index in [0.29, 0.717) is 6.61 Å². The molecule has 0 saturated carbocycles. The average molecular weight is 189 g/mol. The molecule has 0 unspecified atom stereocenters. The molecule has 4 heteroatoms. The maximum Gasteiger partial charge on any atom is 0.215 e. The van der Waals surface area contributed by atoms with Crippen LogP contribution in [-0.4, -0.2) is 20.4 Å². The van der Waals surface area contributed by atoms with Gasteiger partial charge in [0.1, 0.15) is 5.75 Å². The topological polar surface area (TPSA) is 38.3 Å². The van der Waals surface area contributed by atoms with Crippen LogP contribution < -0.4 is 10.1 Å². The van der Waals surface area contributed by atoms with Crippen molar-refractivity contribution in [2.75, 3.05) is 11.9 Å². The van der Waals surface area contributed by atoms with Gasteiger partial charge in [0.25, 0.3) is 0 Å². The monoisotopic (exact) mass is 189 g/mol. The van der Waals surface area contributed by atoms with Gasteiger partial charge >= 0.3 is 0 Å². The maximum atomic E-state index is 10.9. The summed E-state index contributed by atoms with van der Waals surface area (Å²) in [6, 6.07) is 7.16. The summed E-state index contributed by atoms with van der Waals surface area (Å²) < 4.78 is 5.25. The first kappa shape index (κ1) is 10.6. The van der Waals surface area contributed by atoms with Gasteiger partial charge in [-0.25, -0.2) is 0 Å². The zero-order chi connectivity index (χ0) is 10.4. The van der Waals surface area contributed by atoms with Crippen molar-refractivity contribution in [2.45, 2.75) is 13.2 Å². The molecule has 0 atom stereocenters. The number of hydrogen-bond donors (Lipinski definition) is 1. The van der Waals surface area contributed by atoms with Gasteiger partial charge in [-0.2, -0.15) is 0 Å². The molecule has 1 rings (SSSR count). The Bertz CT molecular complexity index is 297. The third-order valence-corrected chi connectivity index (χ3v) is 1.63. The van der Waals surface area contributed by atoms with E-state index in [1.807, 2.05) is 6.92 Å². The highest BCUT2D eigenvalue weighted by Gasteiger charge is 1.98. The third-order valence-electron chi connectivity index (χ3n) is 1.63. The predicted octanol–water partition coefficient (Wildman–Crippen LogP) is 1.61. The molecule has 0 saturated heterocycles. The minimum atomic E-state index is -0.200. The number of benzene rings is 1. The van der Waals surface area contributed by atoms with Crippen LogP contribution in [0.4, 0.5) is 5.69 Å². The molecule has 0 fully saturated rings. The smallest absolute Gasteiger partial charge is 0.215 e. The van der Waals surface area contributed by atoms with Crippen molar-refractivity contribution < 1.29 is 9.53 Å². The van der Waals surface area contributed by atoms with Crippen LogP contribution >= 0.6 is 0 Å². The quantitative estimate of drug-likeness (QED) is 0.730. The first-order chi connectivity index (χ1) is 6.76. The first-order valence-electron chi connectivity index (χ1n) is 4.49. The zero-order valence-electron chi connectivity index (χ0n) is 8.12. The fourth-order valence-corrected chi connectivity index (χ4v) is 1.01. The van der Waals surface area contributed by atoms with E-state index < -0.39 is 0 Å². The Morgan fingerprint density at radius 1 is 1.43 bits per heavy atom. The van der Waals surface area contributed by atoms with Gasteiger partial charge in [0, 0.05) is 5.69 Å². The lowest BCUT2D eigenvalue weighted by molar-refractivity contribution is -0.114. The second kappa shape index (κ2) is 5.32. The van der Waals surface area contributed by atoms with E-state index in [1.54, 1.807) is 24.3 Å². The van der Waals surface area contributed by atoms with E-state index in [2.05, 4.69) is 5.32 Å². The normalized spacial score (nSPS) is 9.50. The van der Waals surface area contributed by atoms with Crippen LogP contribution in [0.3, 0.4) is 0 Å². The largest absolute Gasteiger partial charge is 0.494 e. The van der Waals surface area contributed by atoms with Crippen molar-refractivity contribution >= 4 is 19.4 Å². The van der Waals surface area contributed by atoms with Crippen LogP contribution in [0, 0.1) is 0 Å². The Morgan fingerprint density at radius 2 is 2.07 bits per heavy atom. The number of carbonyl (C=O) groups is 1. The summed E-state index contributed by atoms with van der Waals surface area (Å²) in [5.74, 6) is 0.590. The molecular weight excluding hydrogens is 177 g/mol. The molecule has 0 heterocycles. The van der Waals surface area contributed by atoms with Gasteiger partial charge in [-0.1, -0.05) is 0 Å². The van der Waals surface area contributed by atoms with Crippen molar-refractivity contribution in [3.05, 3.63) is 24.3 Å². The van der Waals surface area contributed by atoms with Gasteiger partial charge in [0.2, 0.25) is 5.91 Å². The van der Waals surface area contributed by atoms with Gasteiger partial charge in [-0.3, -0.25) is 4.79 Å². The number of rotatable bonds is 4. The Morgan fingerprint density at radius 3 is 2.57 bits per heavy atom. The van der Waals surface area contributed by atoms with Crippen molar-refractivity contribution in [1.82, 2.24) is 0 Å². The lowest BCUT2D eigenvalue weighted by Gasteiger charge is -2.05. The number of hydrogen-bond acceptors (Lipinski definition) is 2. The predicted molar refractivity (Wildman–Crippen MR) is 56.8 cm³/mol. The van der Waals surface area contributed by atoms with Gasteiger partial charge in [0.15, 0.2) is 0 Å². The molecular formula is C10H12BNO2. The highest BCUT2D eigenvalue weighted by Crippen LogP contribution is 2.15. The van der Waals surface area contributed by atoms with Gasteiger partial charge in [-0.05, 0) is 37.5 Å². The molecule has 1 aromatic carbocycles. The molecule has 0 aliphatic carbocycles. The fourth-order valence-electron chi connectivity index (χ4n) is 1.01. The molecule has 0 spiro atoms. The average Bonchev–Trinajstić information content (AvgIpc) is 2.21. The maximum absolute atomic E-state index is 10.9. The molecule has 0 aliphatic rings. The Kier molecular flexibility index (Phi) is 4.04. The zero-order valence-corrected chi connectivity index (χ0v) is 8.12. The lowest BCUT2D eigenvalue weighted by Crippen LogP contribution is -2.09. The number of carbonyl (C=O) groups excluding carboxylic acids is 1. The summed E-state index contributed by atoms with van der Waals surface area (Å²) in [5, 5.41) is 2.64. The van der Waals surface area contributed by atoms with E-state index in [4.69, 9.17) is 12.6 Å². The minimum Gasteiger partial charge on any atom is -0.494 e. The minimum absolute atomic E-state index is 0.00673. The van der Waals surface area contributed by atoms with Gasteiger partial charge in [-0.15, -0.1) is 0 Å². The van der Waals surface area contributed by atoms with Crippen molar-refractivity contribution in [1.29, 1.82) is 0 Å². The molecule has 72 valence electrons. The molecule has 1 N–H and O–H groups in total. The van der Waals surface area contributed by atoms with Crippen LogP contribution in [-0.2, 0) is 4.79 Å². The molecule has 0 aromatic heterocycles. The van der Waals surface area contributed by atoms with E-state index in [9.17, 15) is 4.79 Å². The summed E-state index contributed by atoms with van der Waals surface area (Å²) in [6.45, 7) is 2.55. The SMILES string of the molecule is [B]CC(=O)Nc1ccc(OCC)cc1. The van der Waals surface area contributed by atoms with Crippen LogP contribution in [0.2, 0.25) is 6.32 Å². The number of anilines is 1. The standard InChI is InChI=1S/C10H12BNO2/c1-2-14-9-5-3-8(4-6-9)12-10(13)7-11/h3-6H,2,7H2,1H3,(H,12,13). The van der Waals surface area contributed by atoms with Crippen LogP contribution in [0.5, 0.6) is 5.75 Å². The number of ether oxygens (including phenoxy) is 1. The summed E-state index contributed by atoms with van der Waals surface area (Å²) in [7, 11) is 5.16. The summed E-state index contributed by atoms with van der Waals surface area (Å²) in [6.07, 6.45) is -0.00673. The highest BCUT2D eigenvalue weighted by molar-refractivity contribution is 6.22. The first-order valence-corrected chi connectivity index (χ1v) is 4.49. The molecule has 1 amide bonds. The van der Waals surface area contributed by atoms with E-state index >= 15 is 0 Å². The molecule has 3 nitrogen and oxygen atoms in total. The molecule has 14 heavy (non-hydrogen) atoms. The van der Waals surface area contributed by atoms with E-state index in [1.165, 1.54) is 0 Å². The van der Waals surface area contributed by atoms with E-state index in [0.717, 1.165) is 11.4 Å². The molecule has 1 aromatic rings. The van der Waals surface area contributed by atoms with Crippen molar-refractivity contribution in [3.8, 4) is 5.75 Å². The summed E-state index contributed by atoms with van der Waals surface area (Å²) in [4.78, 5) is 10.9. The van der Waals surface area contributed by atoms with Crippen molar-refractivity contribution in [3.63, 3.8) is 0 Å². The van der Waals surface area contributed by atoms with Crippen molar-refractivity contribution in [2.24, 2.45) is 0 Å². The van der Waals surface area contributed by atoms with Gasteiger partial charge in [0.05, 0.1) is 14.5 Å². The molecule has 0 bridgehead atoms. The molecule has 0 aliphatic heterocycles. The molecule has 2 radical (unpaired) electrons. The lowest BCUT2D eigenvalue weighted by atomic mass is 10.1. The Balaban J connectivity index is 2.59.